The highest BCUT2D eigenvalue weighted by Crippen LogP contribution is 2.35. The SMILES string of the molecule is CNc1ccc(Oc2ccnc(NC(=O)C3CCN(C(=O)O)C(C(C)(C)C)C3)c2)cc1[N+](=O)[O-]. The van der Waals surface area contributed by atoms with Crippen molar-refractivity contribution in [3.05, 3.63) is 46.6 Å². The molecule has 0 bridgehead atoms. The van der Waals surface area contributed by atoms with Crippen LogP contribution in [0.2, 0.25) is 0 Å². The first-order valence-electron chi connectivity index (χ1n) is 10.9. The molecule has 2 aromatic rings. The molecule has 0 radical (unpaired) electrons. The van der Waals surface area contributed by atoms with Crippen LogP contribution in [-0.2, 0) is 4.79 Å². The number of nitro groups is 1. The number of amides is 2. The summed E-state index contributed by atoms with van der Waals surface area (Å²) in [6, 6.07) is 7.28. The van der Waals surface area contributed by atoms with Gasteiger partial charge in [0.1, 0.15) is 23.0 Å². The Morgan fingerprint density at radius 3 is 2.56 bits per heavy atom. The van der Waals surface area contributed by atoms with Crippen molar-refractivity contribution in [2.45, 2.75) is 39.7 Å². The molecule has 1 aliphatic rings. The van der Waals surface area contributed by atoms with Crippen molar-refractivity contribution in [3.63, 3.8) is 0 Å². The Morgan fingerprint density at radius 1 is 1.24 bits per heavy atom. The van der Waals surface area contributed by atoms with E-state index in [-0.39, 0.29) is 47.1 Å². The van der Waals surface area contributed by atoms with Crippen LogP contribution < -0.4 is 15.4 Å². The van der Waals surface area contributed by atoms with E-state index in [1.54, 1.807) is 25.2 Å². The lowest BCUT2D eigenvalue weighted by atomic mass is 9.77. The first-order valence-corrected chi connectivity index (χ1v) is 10.9. The Morgan fingerprint density at radius 2 is 1.94 bits per heavy atom. The average molecular weight is 472 g/mol. The number of pyridine rings is 1. The number of likely N-dealkylation sites (tertiary alicyclic amines) is 1. The van der Waals surface area contributed by atoms with Crippen LogP contribution in [0.3, 0.4) is 0 Å². The molecule has 3 N–H and O–H groups in total. The van der Waals surface area contributed by atoms with Gasteiger partial charge in [0, 0.05) is 37.8 Å². The monoisotopic (exact) mass is 471 g/mol. The van der Waals surface area contributed by atoms with Crippen LogP contribution in [-0.4, -0.2) is 51.5 Å². The second-order valence-electron chi connectivity index (χ2n) is 9.23. The summed E-state index contributed by atoms with van der Waals surface area (Å²) >= 11 is 0. The Labute approximate surface area is 197 Å². The molecule has 182 valence electrons. The summed E-state index contributed by atoms with van der Waals surface area (Å²) in [6.07, 6.45) is 1.32. The molecule has 0 saturated carbocycles. The fraction of sp³-hybridized carbons (Fsp3) is 0.435. The van der Waals surface area contributed by atoms with Gasteiger partial charge in [-0.05, 0) is 36.5 Å². The van der Waals surface area contributed by atoms with Gasteiger partial charge in [0.15, 0.2) is 0 Å². The van der Waals surface area contributed by atoms with E-state index in [1.807, 2.05) is 20.8 Å². The van der Waals surface area contributed by atoms with Crippen LogP contribution in [0, 0.1) is 21.4 Å². The number of hydrogen-bond donors (Lipinski definition) is 3. The molecular formula is C23H29N5O6. The molecular weight excluding hydrogens is 442 g/mol. The topological polar surface area (TPSA) is 147 Å². The number of nitrogens with zero attached hydrogens (tertiary/aromatic N) is 3. The van der Waals surface area contributed by atoms with E-state index in [9.17, 15) is 24.8 Å². The largest absolute Gasteiger partial charge is 0.465 e. The zero-order valence-corrected chi connectivity index (χ0v) is 19.6. The molecule has 34 heavy (non-hydrogen) atoms. The van der Waals surface area contributed by atoms with E-state index >= 15 is 0 Å². The highest BCUT2D eigenvalue weighted by molar-refractivity contribution is 5.92. The number of ether oxygens (including phenoxy) is 1. The first-order chi connectivity index (χ1) is 16.0. The number of anilines is 2. The third-order valence-corrected chi connectivity index (χ3v) is 5.87. The number of hydrogen-bond acceptors (Lipinski definition) is 7. The number of carbonyl (C=O) groups excluding carboxylic acids is 1. The standard InChI is InChI=1S/C23H29N5O6/c1-23(2,3)19-11-14(8-10-27(19)22(30)31)21(29)26-20-13-16(7-9-25-20)34-15-5-6-17(24-4)18(12-15)28(32)33/h5-7,9,12-14,19,24H,8,10-11H2,1-4H3,(H,30,31)(H,25,26,29). The van der Waals surface area contributed by atoms with Crippen molar-refractivity contribution < 1.29 is 24.4 Å². The summed E-state index contributed by atoms with van der Waals surface area (Å²) in [4.78, 5) is 40.9. The van der Waals surface area contributed by atoms with E-state index in [0.717, 1.165) is 0 Å². The number of aromatic nitrogens is 1. The minimum absolute atomic E-state index is 0.122. The van der Waals surface area contributed by atoms with E-state index in [2.05, 4.69) is 15.6 Å². The van der Waals surface area contributed by atoms with Gasteiger partial charge in [-0.3, -0.25) is 14.9 Å². The lowest BCUT2D eigenvalue weighted by molar-refractivity contribution is -0.384. The molecule has 0 spiro atoms. The number of piperidine rings is 1. The van der Waals surface area contributed by atoms with E-state index in [1.165, 1.54) is 23.2 Å². The van der Waals surface area contributed by atoms with Crippen molar-refractivity contribution in [2.75, 3.05) is 24.2 Å². The Hall–Kier alpha value is -3.89. The first kappa shape index (κ1) is 24.7. The maximum atomic E-state index is 12.9. The molecule has 2 atom stereocenters. The summed E-state index contributed by atoms with van der Waals surface area (Å²) in [5.74, 6) is 0.297. The maximum absolute atomic E-state index is 12.9. The van der Waals surface area contributed by atoms with Crippen molar-refractivity contribution in [2.24, 2.45) is 11.3 Å². The normalized spacial score (nSPS) is 18.2. The minimum Gasteiger partial charge on any atom is -0.465 e. The third kappa shape index (κ3) is 5.72. The molecule has 1 saturated heterocycles. The third-order valence-electron chi connectivity index (χ3n) is 5.87. The Kier molecular flexibility index (Phi) is 7.23. The average Bonchev–Trinajstić information content (AvgIpc) is 2.78. The lowest BCUT2D eigenvalue weighted by Crippen LogP contribution is -2.53. The van der Waals surface area contributed by atoms with Crippen molar-refractivity contribution in [3.8, 4) is 11.5 Å². The van der Waals surface area contributed by atoms with Gasteiger partial charge >= 0.3 is 6.09 Å². The van der Waals surface area contributed by atoms with Gasteiger partial charge in [-0.15, -0.1) is 0 Å². The predicted molar refractivity (Wildman–Crippen MR) is 126 cm³/mol. The van der Waals surface area contributed by atoms with Gasteiger partial charge in [0.05, 0.1) is 11.0 Å². The minimum atomic E-state index is -0.978. The van der Waals surface area contributed by atoms with E-state index in [4.69, 9.17) is 4.74 Å². The van der Waals surface area contributed by atoms with Crippen LogP contribution in [0.4, 0.5) is 22.0 Å². The summed E-state index contributed by atoms with van der Waals surface area (Å²) in [6.45, 7) is 6.17. The summed E-state index contributed by atoms with van der Waals surface area (Å²) in [5.41, 5.74) is -0.0688. The Bertz CT molecular complexity index is 1080. The predicted octanol–water partition coefficient (Wildman–Crippen LogP) is 4.57. The molecule has 0 aliphatic carbocycles. The number of carbonyl (C=O) groups is 2. The highest BCUT2D eigenvalue weighted by atomic mass is 16.6. The second kappa shape index (κ2) is 9.94. The van der Waals surface area contributed by atoms with Crippen molar-refractivity contribution in [1.29, 1.82) is 0 Å². The Balaban J connectivity index is 1.71. The summed E-state index contributed by atoms with van der Waals surface area (Å²) in [5, 5.41) is 26.3. The van der Waals surface area contributed by atoms with Gasteiger partial charge in [-0.1, -0.05) is 20.8 Å². The van der Waals surface area contributed by atoms with Gasteiger partial charge < -0.3 is 25.4 Å². The molecule has 2 unspecified atom stereocenters. The quantitative estimate of drug-likeness (QED) is 0.410. The lowest BCUT2D eigenvalue weighted by Gasteiger charge is -2.44. The van der Waals surface area contributed by atoms with Gasteiger partial charge in [0.2, 0.25) is 5.91 Å². The summed E-state index contributed by atoms with van der Waals surface area (Å²) in [7, 11) is 1.59. The maximum Gasteiger partial charge on any atom is 0.407 e. The van der Waals surface area contributed by atoms with Crippen LogP contribution in [0.5, 0.6) is 11.5 Å². The van der Waals surface area contributed by atoms with E-state index < -0.39 is 11.0 Å². The second-order valence-corrected chi connectivity index (χ2v) is 9.23. The molecule has 1 aromatic carbocycles. The van der Waals surface area contributed by atoms with Crippen LogP contribution in [0.1, 0.15) is 33.6 Å². The van der Waals surface area contributed by atoms with Crippen LogP contribution in [0.15, 0.2) is 36.5 Å². The van der Waals surface area contributed by atoms with Crippen molar-refractivity contribution in [1.82, 2.24) is 9.88 Å². The van der Waals surface area contributed by atoms with E-state index in [0.29, 0.717) is 24.3 Å². The molecule has 1 aliphatic heterocycles. The fourth-order valence-electron chi connectivity index (χ4n) is 4.10. The number of nitrogens with one attached hydrogen (secondary N) is 2. The molecule has 2 amide bonds. The number of benzene rings is 1. The highest BCUT2D eigenvalue weighted by Gasteiger charge is 2.40. The van der Waals surface area contributed by atoms with Gasteiger partial charge in [-0.25, -0.2) is 9.78 Å². The zero-order chi connectivity index (χ0) is 25.0. The van der Waals surface area contributed by atoms with Crippen molar-refractivity contribution >= 4 is 29.2 Å². The van der Waals surface area contributed by atoms with Crippen LogP contribution >= 0.6 is 0 Å². The smallest absolute Gasteiger partial charge is 0.407 e. The van der Waals surface area contributed by atoms with Gasteiger partial charge in [-0.2, -0.15) is 0 Å². The fourth-order valence-corrected chi connectivity index (χ4v) is 4.10. The summed E-state index contributed by atoms with van der Waals surface area (Å²) < 4.78 is 5.74. The zero-order valence-electron chi connectivity index (χ0n) is 19.6. The number of nitro benzene ring substituents is 1. The number of rotatable bonds is 6. The van der Waals surface area contributed by atoms with Gasteiger partial charge in [0.25, 0.3) is 5.69 Å². The van der Waals surface area contributed by atoms with Crippen LogP contribution in [0.25, 0.3) is 0 Å². The molecule has 11 nitrogen and oxygen atoms in total. The molecule has 1 fully saturated rings. The molecule has 11 heteroatoms. The molecule has 3 rings (SSSR count). The molecule has 1 aromatic heterocycles. The number of carboxylic acid groups (broad SMARTS) is 1. The molecule has 2 heterocycles.